The van der Waals surface area contributed by atoms with E-state index in [2.05, 4.69) is 68.9 Å². The number of nitrogens with zero attached hydrogens (tertiary/aromatic N) is 6. The molecule has 6 saturated carbocycles. The van der Waals surface area contributed by atoms with E-state index in [4.69, 9.17) is 34.8 Å². The molecule has 6 fully saturated rings. The highest BCUT2D eigenvalue weighted by atomic mass is 35.5. The molecule has 6 aromatic heterocycles. The Morgan fingerprint density at radius 1 is 0.366 bits per heavy atom. The summed E-state index contributed by atoms with van der Waals surface area (Å²) >= 11 is 17.7. The Kier molecular flexibility index (Phi) is 19.6. The number of ketones is 3. The average molecular weight is 1310 g/mol. The zero-order valence-electron chi connectivity index (χ0n) is 52.8. The van der Waals surface area contributed by atoms with Gasteiger partial charge in [-0.3, -0.25) is 44.3 Å². The van der Waals surface area contributed by atoms with Gasteiger partial charge in [-0.25, -0.2) is 13.2 Å². The largest absolute Gasteiger partial charge is 0.299 e. The van der Waals surface area contributed by atoms with Gasteiger partial charge in [-0.1, -0.05) is 55.6 Å². The summed E-state index contributed by atoms with van der Waals surface area (Å²) < 4.78 is 41.6. The number of aromatic nitrogens is 6. The summed E-state index contributed by atoms with van der Waals surface area (Å²) in [5, 5.41) is 4.61. The lowest BCUT2D eigenvalue weighted by molar-refractivity contribution is -0.124. The Bertz CT molecular complexity index is 3730. The van der Waals surface area contributed by atoms with Crippen LogP contribution in [0.4, 0.5) is 13.2 Å². The Morgan fingerprint density at radius 2 is 0.624 bits per heavy atom. The molecule has 6 heterocycles. The summed E-state index contributed by atoms with van der Waals surface area (Å²) in [6, 6.07) is 31.7. The number of hydrogen-bond donors (Lipinski definition) is 0. The number of halogens is 6. The first-order valence-electron chi connectivity index (χ1n) is 33.4. The first kappa shape index (κ1) is 64.7. The van der Waals surface area contributed by atoms with E-state index < -0.39 is 0 Å². The Morgan fingerprint density at radius 3 is 0.860 bits per heavy atom. The SMILES string of the molecule is CC(C(=O)Cc1ccc(Cl)cn1)C1C[C@H]2CC(c3ccnc4ccc(F)cc34)C[C@H]2C1.C[C@@H](C(=O)Cc1ccc(Cl)cn1)C1C[C@H]2CC(c3ccnc4ccc(F)cc34)C[C@H]2C1.C[C@H](C(=O)Cc1ccc(Cl)cn1)C1C[C@H]2CC(c3ccnc4ccc(F)cc34)C[C@H]2C1. The van der Waals surface area contributed by atoms with Crippen LogP contribution in [0.5, 0.6) is 0 Å². The third-order valence-electron chi connectivity index (χ3n) is 22.8. The molecule has 3 aromatic carbocycles. The lowest BCUT2D eigenvalue weighted by atomic mass is 9.83. The van der Waals surface area contributed by atoms with Gasteiger partial charge in [-0.05, 0) is 274 Å². The smallest absolute Gasteiger partial charge is 0.141 e. The number of fused-ring (bicyclic) bond motifs is 6. The fourth-order valence-corrected chi connectivity index (χ4v) is 18.1. The molecular formula is C78H78Cl3F3N6O3. The molecule has 0 aliphatic heterocycles. The molecule has 6 aliphatic rings. The highest BCUT2D eigenvalue weighted by Crippen LogP contribution is 2.58. The van der Waals surface area contributed by atoms with Crippen LogP contribution < -0.4 is 0 Å². The van der Waals surface area contributed by atoms with Crippen molar-refractivity contribution >= 4 is 84.9 Å². The lowest BCUT2D eigenvalue weighted by Crippen LogP contribution is -2.22. The van der Waals surface area contributed by atoms with Crippen molar-refractivity contribution in [2.45, 2.75) is 135 Å². The van der Waals surface area contributed by atoms with Crippen molar-refractivity contribution in [2.75, 3.05) is 0 Å². The maximum atomic E-state index is 13.9. The van der Waals surface area contributed by atoms with Crippen molar-refractivity contribution < 1.29 is 27.6 Å². The van der Waals surface area contributed by atoms with Crippen molar-refractivity contribution in [3.05, 3.63) is 213 Å². The number of carbonyl (C=O) groups is 3. The molecule has 480 valence electrons. The number of hydrogen-bond acceptors (Lipinski definition) is 9. The molecule has 9 aromatic rings. The summed E-state index contributed by atoms with van der Waals surface area (Å²) in [5.41, 5.74) is 8.65. The number of pyridine rings is 6. The maximum Gasteiger partial charge on any atom is 0.141 e. The van der Waals surface area contributed by atoms with E-state index in [0.29, 0.717) is 105 Å². The number of Topliss-reactive ketones (excluding diaryl/α,β-unsaturated/α-hetero) is 3. The van der Waals surface area contributed by atoms with E-state index >= 15 is 0 Å². The minimum atomic E-state index is -0.206. The van der Waals surface area contributed by atoms with Crippen molar-refractivity contribution in [3.8, 4) is 0 Å². The van der Waals surface area contributed by atoms with Gasteiger partial charge in [0.1, 0.15) is 34.8 Å². The monoisotopic (exact) mass is 1310 g/mol. The van der Waals surface area contributed by atoms with Crippen LogP contribution in [0, 0.1) is 88.5 Å². The molecule has 9 nitrogen and oxygen atoms in total. The van der Waals surface area contributed by atoms with E-state index in [-0.39, 0.29) is 52.6 Å². The van der Waals surface area contributed by atoms with Crippen LogP contribution in [0.2, 0.25) is 15.1 Å². The predicted molar refractivity (Wildman–Crippen MR) is 362 cm³/mol. The van der Waals surface area contributed by atoms with E-state index in [1.54, 1.807) is 73.2 Å². The van der Waals surface area contributed by atoms with Crippen LogP contribution in [0.15, 0.2) is 146 Å². The van der Waals surface area contributed by atoms with Crippen LogP contribution in [0.1, 0.15) is 149 Å². The molecule has 15 heteroatoms. The molecule has 0 radical (unpaired) electrons. The Balaban J connectivity index is 0.000000127. The van der Waals surface area contributed by atoms with Gasteiger partial charge in [-0.2, -0.15) is 0 Å². The zero-order chi connectivity index (χ0) is 64.6. The minimum Gasteiger partial charge on any atom is -0.299 e. The molecule has 15 atom stereocenters. The molecule has 0 amide bonds. The minimum absolute atomic E-state index is 0.0531. The van der Waals surface area contributed by atoms with Crippen LogP contribution >= 0.6 is 34.8 Å². The summed E-state index contributed by atoms with van der Waals surface area (Å²) in [7, 11) is 0. The van der Waals surface area contributed by atoms with Gasteiger partial charge in [0.2, 0.25) is 0 Å². The first-order chi connectivity index (χ1) is 44.9. The standard InChI is InChI=1S/3C26H26ClFN2O/c3*1-15(26(31)13-22-4-2-20(27)14-30-22)16-8-17-10-19(11-18(17)9-16)23-6-7-29-25-5-3-21(28)12-24(23)25/h3*2-7,12,14-19H,8-11,13H2,1H3/t15?,16?,17-,18+,19?;2*15-,16?,17-,18+,19?/m.10/s1. The molecule has 7 unspecified atom stereocenters. The average Bonchev–Trinajstić information content (AvgIpc) is 1.77. The second kappa shape index (κ2) is 28.1. The summed E-state index contributed by atoms with van der Waals surface area (Å²) in [4.78, 5) is 64.6. The van der Waals surface area contributed by atoms with Gasteiger partial charge in [-0.15, -0.1) is 0 Å². The molecule has 0 N–H and O–H groups in total. The molecule has 0 bridgehead atoms. The van der Waals surface area contributed by atoms with Gasteiger partial charge >= 0.3 is 0 Å². The van der Waals surface area contributed by atoms with Crippen LogP contribution in [0.25, 0.3) is 32.7 Å². The molecule has 0 spiro atoms. The second-order valence-electron chi connectivity index (χ2n) is 28.1. The predicted octanol–water partition coefficient (Wildman–Crippen LogP) is 19.2. The molecule has 6 aliphatic carbocycles. The van der Waals surface area contributed by atoms with Crippen molar-refractivity contribution in [3.63, 3.8) is 0 Å². The van der Waals surface area contributed by atoms with Gasteiger partial charge in [0.05, 0.1) is 31.6 Å². The highest BCUT2D eigenvalue weighted by Gasteiger charge is 2.47. The third-order valence-corrected chi connectivity index (χ3v) is 23.4. The van der Waals surface area contributed by atoms with Gasteiger partial charge in [0.15, 0.2) is 0 Å². The topological polar surface area (TPSA) is 129 Å². The lowest BCUT2D eigenvalue weighted by Gasteiger charge is -2.21. The number of rotatable bonds is 15. The van der Waals surface area contributed by atoms with Crippen LogP contribution in [-0.2, 0) is 33.6 Å². The Hall–Kier alpha value is -6.99. The van der Waals surface area contributed by atoms with Crippen LogP contribution in [-0.4, -0.2) is 47.3 Å². The number of benzene rings is 3. The third kappa shape index (κ3) is 14.6. The highest BCUT2D eigenvalue weighted by molar-refractivity contribution is 6.31. The quantitative estimate of drug-likeness (QED) is 0.0985. The Labute approximate surface area is 557 Å². The number of carbonyl (C=O) groups excluding carboxylic acids is 3. The van der Waals surface area contributed by atoms with E-state index in [0.717, 1.165) is 127 Å². The van der Waals surface area contributed by atoms with Gasteiger partial charge in [0.25, 0.3) is 0 Å². The van der Waals surface area contributed by atoms with E-state index in [1.807, 2.05) is 36.8 Å². The molecule has 15 rings (SSSR count). The fraction of sp³-hybridized carbons (Fsp3) is 0.423. The molecule has 93 heavy (non-hydrogen) atoms. The van der Waals surface area contributed by atoms with Gasteiger partial charge in [0, 0.05) is 107 Å². The maximum absolute atomic E-state index is 13.9. The van der Waals surface area contributed by atoms with Gasteiger partial charge < -0.3 is 0 Å². The first-order valence-corrected chi connectivity index (χ1v) is 34.6. The van der Waals surface area contributed by atoms with E-state index in [9.17, 15) is 27.6 Å². The zero-order valence-corrected chi connectivity index (χ0v) is 55.1. The molecular weight excluding hydrogens is 1230 g/mol. The van der Waals surface area contributed by atoms with Crippen molar-refractivity contribution in [1.29, 1.82) is 0 Å². The second-order valence-corrected chi connectivity index (χ2v) is 29.5. The van der Waals surface area contributed by atoms with Crippen molar-refractivity contribution in [2.24, 2.45) is 71.0 Å². The fourth-order valence-electron chi connectivity index (χ4n) is 17.8. The summed E-state index contributed by atoms with van der Waals surface area (Å²) in [6.07, 6.45) is 24.9. The van der Waals surface area contributed by atoms with E-state index in [1.165, 1.54) is 34.9 Å². The summed E-state index contributed by atoms with van der Waals surface area (Å²) in [6.45, 7) is 6.25. The normalized spacial score (nSPS) is 26.2. The van der Waals surface area contributed by atoms with Crippen LogP contribution in [0.3, 0.4) is 0 Å². The summed E-state index contributed by atoms with van der Waals surface area (Å²) in [5.74, 6) is 6.94. The molecule has 0 saturated heterocycles. The van der Waals surface area contributed by atoms with Crippen molar-refractivity contribution in [1.82, 2.24) is 29.9 Å².